The Kier molecular flexibility index (Phi) is 5.31. The molecule has 6 heteroatoms. The highest BCUT2D eigenvalue weighted by atomic mass is 32.2. The normalized spacial score (nSPS) is 41.8. The maximum absolute atomic E-state index is 9.83. The SMILES string of the molecule is CCS[C@H]1O[C@@H](CO)[C@@H](O)C(OC)C1O. The van der Waals surface area contributed by atoms with Crippen molar-refractivity contribution in [1.82, 2.24) is 0 Å². The summed E-state index contributed by atoms with van der Waals surface area (Å²) >= 11 is 1.43. The Balaban J connectivity index is 2.70. The van der Waals surface area contributed by atoms with E-state index < -0.39 is 29.9 Å². The van der Waals surface area contributed by atoms with Crippen molar-refractivity contribution in [3.63, 3.8) is 0 Å². The van der Waals surface area contributed by atoms with E-state index in [4.69, 9.17) is 14.6 Å². The van der Waals surface area contributed by atoms with Gasteiger partial charge in [0.25, 0.3) is 0 Å². The molecule has 1 fully saturated rings. The number of methoxy groups -OCH3 is 1. The summed E-state index contributed by atoms with van der Waals surface area (Å²) in [6.07, 6.45) is -3.27. The fourth-order valence-corrected chi connectivity index (χ4v) is 2.54. The Labute approximate surface area is 93.4 Å². The molecule has 0 aromatic carbocycles. The number of rotatable bonds is 4. The molecule has 0 aromatic rings. The van der Waals surface area contributed by atoms with Gasteiger partial charge in [-0.25, -0.2) is 0 Å². The zero-order valence-electron chi connectivity index (χ0n) is 8.87. The van der Waals surface area contributed by atoms with Crippen molar-refractivity contribution in [2.75, 3.05) is 19.5 Å². The molecular formula is C9H18O5S. The maximum atomic E-state index is 9.83. The average molecular weight is 238 g/mol. The van der Waals surface area contributed by atoms with Crippen LogP contribution in [0.1, 0.15) is 6.92 Å². The van der Waals surface area contributed by atoms with Gasteiger partial charge in [-0.15, -0.1) is 11.8 Å². The molecule has 5 atom stereocenters. The van der Waals surface area contributed by atoms with Gasteiger partial charge in [0.05, 0.1) is 6.61 Å². The molecule has 1 aliphatic rings. The van der Waals surface area contributed by atoms with Crippen molar-refractivity contribution in [2.24, 2.45) is 0 Å². The highest BCUT2D eigenvalue weighted by Crippen LogP contribution is 2.29. The van der Waals surface area contributed by atoms with Crippen molar-refractivity contribution >= 4 is 11.8 Å². The molecular weight excluding hydrogens is 220 g/mol. The molecule has 90 valence electrons. The van der Waals surface area contributed by atoms with Crippen molar-refractivity contribution in [1.29, 1.82) is 0 Å². The summed E-state index contributed by atoms with van der Waals surface area (Å²) in [5.74, 6) is 0.784. The molecule has 2 unspecified atom stereocenters. The third-order valence-electron chi connectivity index (χ3n) is 2.42. The molecule has 1 rings (SSSR count). The Morgan fingerprint density at radius 1 is 1.33 bits per heavy atom. The molecule has 0 amide bonds. The lowest BCUT2D eigenvalue weighted by molar-refractivity contribution is -0.213. The number of aliphatic hydroxyl groups is 3. The fourth-order valence-electron chi connectivity index (χ4n) is 1.63. The first-order valence-corrected chi connectivity index (χ1v) is 5.97. The van der Waals surface area contributed by atoms with Crippen molar-refractivity contribution < 1.29 is 24.8 Å². The molecule has 1 aliphatic heterocycles. The molecule has 0 aliphatic carbocycles. The molecule has 5 nitrogen and oxygen atoms in total. The first-order valence-electron chi connectivity index (χ1n) is 4.92. The molecule has 0 bridgehead atoms. The Hall–Kier alpha value is 0.150. The molecule has 3 N–H and O–H groups in total. The second kappa shape index (κ2) is 6.03. The van der Waals surface area contributed by atoms with Gasteiger partial charge < -0.3 is 24.8 Å². The van der Waals surface area contributed by atoms with Crippen molar-refractivity contribution in [3.05, 3.63) is 0 Å². The van der Waals surface area contributed by atoms with Gasteiger partial charge in [-0.1, -0.05) is 6.92 Å². The van der Waals surface area contributed by atoms with Crippen LogP contribution >= 0.6 is 11.8 Å². The summed E-state index contributed by atoms with van der Waals surface area (Å²) in [4.78, 5) is 0. The highest BCUT2D eigenvalue weighted by molar-refractivity contribution is 7.99. The molecule has 15 heavy (non-hydrogen) atoms. The predicted molar refractivity (Wildman–Crippen MR) is 56.7 cm³/mol. The lowest BCUT2D eigenvalue weighted by Gasteiger charge is -2.41. The van der Waals surface area contributed by atoms with Crippen LogP contribution < -0.4 is 0 Å². The Morgan fingerprint density at radius 2 is 2.00 bits per heavy atom. The Morgan fingerprint density at radius 3 is 2.47 bits per heavy atom. The average Bonchev–Trinajstić information content (AvgIpc) is 2.23. The van der Waals surface area contributed by atoms with Gasteiger partial charge in [-0.05, 0) is 5.75 Å². The largest absolute Gasteiger partial charge is 0.394 e. The number of ether oxygens (including phenoxy) is 2. The summed E-state index contributed by atoms with van der Waals surface area (Å²) in [6.45, 7) is 1.66. The smallest absolute Gasteiger partial charge is 0.132 e. The summed E-state index contributed by atoms with van der Waals surface area (Å²) in [5, 5.41) is 28.6. The van der Waals surface area contributed by atoms with Gasteiger partial charge in [0, 0.05) is 7.11 Å². The molecule has 0 spiro atoms. The van der Waals surface area contributed by atoms with E-state index in [1.54, 1.807) is 0 Å². The molecule has 0 radical (unpaired) electrons. The van der Waals surface area contributed by atoms with E-state index in [0.29, 0.717) is 0 Å². The van der Waals surface area contributed by atoms with Gasteiger partial charge >= 0.3 is 0 Å². The van der Waals surface area contributed by atoms with E-state index in [0.717, 1.165) is 5.75 Å². The van der Waals surface area contributed by atoms with Crippen LogP contribution in [0.2, 0.25) is 0 Å². The van der Waals surface area contributed by atoms with Crippen LogP contribution in [0.15, 0.2) is 0 Å². The third kappa shape index (κ3) is 2.83. The van der Waals surface area contributed by atoms with Gasteiger partial charge in [0.2, 0.25) is 0 Å². The lowest BCUT2D eigenvalue weighted by atomic mass is 10.0. The van der Waals surface area contributed by atoms with E-state index in [-0.39, 0.29) is 6.61 Å². The van der Waals surface area contributed by atoms with Crippen LogP contribution in [0.4, 0.5) is 0 Å². The summed E-state index contributed by atoms with van der Waals surface area (Å²) in [6, 6.07) is 0. The van der Waals surface area contributed by atoms with Gasteiger partial charge in [0.15, 0.2) is 0 Å². The van der Waals surface area contributed by atoms with E-state index in [2.05, 4.69) is 0 Å². The van der Waals surface area contributed by atoms with Crippen LogP contribution in [0.25, 0.3) is 0 Å². The molecule has 0 saturated carbocycles. The second-order valence-electron chi connectivity index (χ2n) is 3.36. The lowest BCUT2D eigenvalue weighted by Crippen LogP contribution is -2.58. The molecule has 1 saturated heterocycles. The fraction of sp³-hybridized carbons (Fsp3) is 1.00. The highest BCUT2D eigenvalue weighted by Gasteiger charge is 2.44. The zero-order valence-corrected chi connectivity index (χ0v) is 9.68. The van der Waals surface area contributed by atoms with E-state index in [9.17, 15) is 10.2 Å². The minimum Gasteiger partial charge on any atom is -0.394 e. The Bertz CT molecular complexity index is 191. The number of hydrogen-bond donors (Lipinski definition) is 3. The van der Waals surface area contributed by atoms with Crippen LogP contribution in [0.5, 0.6) is 0 Å². The van der Waals surface area contributed by atoms with Crippen LogP contribution in [0.3, 0.4) is 0 Å². The molecule has 1 heterocycles. The first-order chi connectivity index (χ1) is 7.15. The zero-order chi connectivity index (χ0) is 11.4. The van der Waals surface area contributed by atoms with E-state index >= 15 is 0 Å². The summed E-state index contributed by atoms with van der Waals surface area (Å²) in [7, 11) is 1.42. The topological polar surface area (TPSA) is 79.2 Å². The van der Waals surface area contributed by atoms with Crippen molar-refractivity contribution in [2.45, 2.75) is 36.8 Å². The van der Waals surface area contributed by atoms with E-state index in [1.165, 1.54) is 18.9 Å². The number of aliphatic hydroxyl groups excluding tert-OH is 3. The third-order valence-corrected chi connectivity index (χ3v) is 3.48. The predicted octanol–water partition coefficient (Wildman–Crippen LogP) is -0.807. The summed E-state index contributed by atoms with van der Waals surface area (Å²) in [5.41, 5.74) is -0.458. The number of thioether (sulfide) groups is 1. The monoisotopic (exact) mass is 238 g/mol. The van der Waals surface area contributed by atoms with Crippen LogP contribution in [0, 0.1) is 0 Å². The van der Waals surface area contributed by atoms with Crippen molar-refractivity contribution in [3.8, 4) is 0 Å². The number of hydrogen-bond acceptors (Lipinski definition) is 6. The van der Waals surface area contributed by atoms with Gasteiger partial charge in [0.1, 0.15) is 29.9 Å². The standard InChI is InChI=1S/C9H18O5S/c1-3-15-9-7(12)8(13-2)6(11)5(4-10)14-9/h5-12H,3-4H2,1-2H3/t5-,6+,7?,8?,9+/m0/s1. The van der Waals surface area contributed by atoms with Gasteiger partial charge in [-0.2, -0.15) is 0 Å². The second-order valence-corrected chi connectivity index (χ2v) is 4.74. The summed E-state index contributed by atoms with van der Waals surface area (Å²) < 4.78 is 10.4. The minimum atomic E-state index is -0.997. The maximum Gasteiger partial charge on any atom is 0.132 e. The molecule has 0 aromatic heterocycles. The van der Waals surface area contributed by atoms with Gasteiger partial charge in [-0.3, -0.25) is 0 Å². The van der Waals surface area contributed by atoms with Crippen LogP contribution in [-0.2, 0) is 9.47 Å². The van der Waals surface area contributed by atoms with Crippen LogP contribution in [-0.4, -0.2) is 64.6 Å². The van der Waals surface area contributed by atoms with E-state index in [1.807, 2.05) is 6.92 Å². The first kappa shape index (κ1) is 13.2. The quantitative estimate of drug-likeness (QED) is 0.595. The minimum absolute atomic E-state index is 0.283.